The first-order valence-corrected chi connectivity index (χ1v) is 5.00. The summed E-state index contributed by atoms with van der Waals surface area (Å²) in [5.41, 5.74) is 0. The van der Waals surface area contributed by atoms with E-state index in [0.29, 0.717) is 25.0 Å². The molecule has 0 aromatic carbocycles. The Kier molecular flexibility index (Phi) is 2.68. The summed E-state index contributed by atoms with van der Waals surface area (Å²) < 4.78 is 4.78. The summed E-state index contributed by atoms with van der Waals surface area (Å²) in [6, 6.07) is 0.315. The van der Waals surface area contributed by atoms with Crippen molar-refractivity contribution in [3.8, 4) is 0 Å². The number of rotatable bonds is 1. The third kappa shape index (κ3) is 2.15. The molecule has 1 aromatic rings. The fourth-order valence-electron chi connectivity index (χ4n) is 1.64. The van der Waals surface area contributed by atoms with Gasteiger partial charge in [0, 0.05) is 32.6 Å². The van der Waals surface area contributed by atoms with Gasteiger partial charge < -0.3 is 14.7 Å². The van der Waals surface area contributed by atoms with Crippen molar-refractivity contribution < 1.29 is 9.32 Å². The number of aryl methyl sites for hydroxylation is 1. The second-order valence-corrected chi connectivity index (χ2v) is 3.74. The van der Waals surface area contributed by atoms with Crippen LogP contribution < -0.4 is 5.32 Å². The number of hydrogen-bond acceptors (Lipinski definition) is 5. The van der Waals surface area contributed by atoms with Gasteiger partial charge in [-0.05, 0) is 6.92 Å². The molecule has 0 spiro atoms. The van der Waals surface area contributed by atoms with E-state index in [2.05, 4.69) is 15.5 Å². The van der Waals surface area contributed by atoms with E-state index >= 15 is 0 Å². The van der Waals surface area contributed by atoms with Crippen molar-refractivity contribution in [3.05, 3.63) is 11.7 Å². The maximum absolute atomic E-state index is 11.9. The van der Waals surface area contributed by atoms with E-state index in [1.165, 1.54) is 0 Å². The predicted molar refractivity (Wildman–Crippen MR) is 52.4 cm³/mol. The molecule has 1 N–H and O–H groups in total. The van der Waals surface area contributed by atoms with E-state index in [9.17, 15) is 4.79 Å². The topological polar surface area (TPSA) is 71.3 Å². The third-order valence-electron chi connectivity index (χ3n) is 2.37. The summed E-state index contributed by atoms with van der Waals surface area (Å²) in [6.07, 6.45) is 0. The van der Waals surface area contributed by atoms with Crippen molar-refractivity contribution in [2.24, 2.45) is 0 Å². The van der Waals surface area contributed by atoms with Crippen LogP contribution >= 0.6 is 0 Å². The Labute approximate surface area is 87.6 Å². The van der Waals surface area contributed by atoms with E-state index in [1.54, 1.807) is 11.8 Å². The van der Waals surface area contributed by atoms with Gasteiger partial charge in [0.2, 0.25) is 5.89 Å². The molecule has 1 aliphatic rings. The van der Waals surface area contributed by atoms with Crippen LogP contribution in [0.1, 0.15) is 23.4 Å². The number of piperazine rings is 1. The fourth-order valence-corrected chi connectivity index (χ4v) is 1.64. The standard InChI is InChI=1S/C9H14N4O2/c1-6-5-13(4-3-10-6)9(14)8-11-7(2)15-12-8/h6,10H,3-5H2,1-2H3/t6-/m1/s1. The molecule has 0 aliphatic carbocycles. The van der Waals surface area contributed by atoms with Crippen LogP contribution in [-0.2, 0) is 0 Å². The van der Waals surface area contributed by atoms with Crippen molar-refractivity contribution in [3.63, 3.8) is 0 Å². The zero-order valence-corrected chi connectivity index (χ0v) is 8.86. The molecule has 6 heteroatoms. The largest absolute Gasteiger partial charge is 0.339 e. The van der Waals surface area contributed by atoms with E-state index in [4.69, 9.17) is 4.52 Å². The maximum Gasteiger partial charge on any atom is 0.295 e. The minimum absolute atomic E-state index is 0.153. The zero-order chi connectivity index (χ0) is 10.8. The summed E-state index contributed by atoms with van der Waals surface area (Å²) in [7, 11) is 0. The summed E-state index contributed by atoms with van der Waals surface area (Å²) in [6.45, 7) is 5.90. The lowest BCUT2D eigenvalue weighted by Gasteiger charge is -2.30. The number of nitrogens with one attached hydrogen (secondary N) is 1. The highest BCUT2D eigenvalue weighted by Gasteiger charge is 2.24. The Morgan fingerprint density at radius 2 is 2.47 bits per heavy atom. The van der Waals surface area contributed by atoms with Crippen molar-refractivity contribution in [2.75, 3.05) is 19.6 Å². The number of nitrogens with zero attached hydrogens (tertiary/aromatic N) is 3. The third-order valence-corrected chi connectivity index (χ3v) is 2.37. The summed E-state index contributed by atoms with van der Waals surface area (Å²) in [5.74, 6) is 0.420. The van der Waals surface area contributed by atoms with Gasteiger partial charge in [-0.25, -0.2) is 0 Å². The lowest BCUT2D eigenvalue weighted by molar-refractivity contribution is 0.0693. The van der Waals surface area contributed by atoms with Gasteiger partial charge >= 0.3 is 0 Å². The molecule has 15 heavy (non-hydrogen) atoms. The predicted octanol–water partition coefficient (Wildman–Crippen LogP) is -0.188. The normalized spacial score (nSPS) is 21.7. The SMILES string of the molecule is Cc1nc(C(=O)N2CCN[C@H](C)C2)no1. The molecule has 1 amide bonds. The van der Waals surface area contributed by atoms with Crippen LogP contribution in [0.2, 0.25) is 0 Å². The Morgan fingerprint density at radius 1 is 1.67 bits per heavy atom. The van der Waals surface area contributed by atoms with Crippen molar-refractivity contribution >= 4 is 5.91 Å². The number of amides is 1. The summed E-state index contributed by atoms with van der Waals surface area (Å²) >= 11 is 0. The fraction of sp³-hybridized carbons (Fsp3) is 0.667. The van der Waals surface area contributed by atoms with Crippen LogP contribution in [0.25, 0.3) is 0 Å². The first-order valence-electron chi connectivity index (χ1n) is 5.00. The van der Waals surface area contributed by atoms with Gasteiger partial charge in [-0.2, -0.15) is 4.98 Å². The first kappa shape index (κ1) is 10.1. The van der Waals surface area contributed by atoms with E-state index in [1.807, 2.05) is 6.92 Å². The van der Waals surface area contributed by atoms with Gasteiger partial charge in [-0.15, -0.1) is 0 Å². The van der Waals surface area contributed by atoms with Gasteiger partial charge in [0.15, 0.2) is 0 Å². The molecule has 82 valence electrons. The minimum Gasteiger partial charge on any atom is -0.339 e. The Morgan fingerprint density at radius 3 is 3.07 bits per heavy atom. The first-order chi connectivity index (χ1) is 7.16. The Hall–Kier alpha value is -1.43. The molecule has 0 bridgehead atoms. The zero-order valence-electron chi connectivity index (χ0n) is 8.86. The van der Waals surface area contributed by atoms with Gasteiger partial charge in [0.1, 0.15) is 0 Å². The summed E-state index contributed by atoms with van der Waals surface area (Å²) in [4.78, 5) is 17.5. The smallest absolute Gasteiger partial charge is 0.295 e. The molecule has 1 atom stereocenters. The monoisotopic (exact) mass is 210 g/mol. The average molecular weight is 210 g/mol. The highest BCUT2D eigenvalue weighted by Crippen LogP contribution is 2.05. The number of hydrogen-bond donors (Lipinski definition) is 1. The summed E-state index contributed by atoms with van der Waals surface area (Å²) in [5, 5.41) is 6.88. The Balaban J connectivity index is 2.07. The molecule has 1 aliphatic heterocycles. The molecule has 0 saturated carbocycles. The van der Waals surface area contributed by atoms with Crippen LogP contribution in [0.3, 0.4) is 0 Å². The van der Waals surface area contributed by atoms with Gasteiger partial charge in [0.25, 0.3) is 11.7 Å². The Bertz CT molecular complexity index is 363. The molecule has 1 fully saturated rings. The van der Waals surface area contributed by atoms with Crippen molar-refractivity contribution in [2.45, 2.75) is 19.9 Å². The molecular weight excluding hydrogens is 196 g/mol. The van der Waals surface area contributed by atoms with Crippen molar-refractivity contribution in [1.82, 2.24) is 20.4 Å². The van der Waals surface area contributed by atoms with Crippen LogP contribution in [0.4, 0.5) is 0 Å². The van der Waals surface area contributed by atoms with Crippen molar-refractivity contribution in [1.29, 1.82) is 0 Å². The lowest BCUT2D eigenvalue weighted by Crippen LogP contribution is -2.51. The lowest BCUT2D eigenvalue weighted by atomic mass is 10.2. The van der Waals surface area contributed by atoms with Gasteiger partial charge in [-0.3, -0.25) is 4.79 Å². The number of carbonyl (C=O) groups excluding carboxylic acids is 1. The second kappa shape index (κ2) is 3.98. The van der Waals surface area contributed by atoms with Gasteiger partial charge in [-0.1, -0.05) is 5.16 Å². The number of carbonyl (C=O) groups is 1. The van der Waals surface area contributed by atoms with Crippen LogP contribution in [0, 0.1) is 6.92 Å². The molecule has 0 unspecified atom stereocenters. The quantitative estimate of drug-likeness (QED) is 0.695. The van der Waals surface area contributed by atoms with Crippen LogP contribution in [0.15, 0.2) is 4.52 Å². The van der Waals surface area contributed by atoms with E-state index in [-0.39, 0.29) is 11.7 Å². The molecule has 6 nitrogen and oxygen atoms in total. The molecule has 1 aromatic heterocycles. The number of aromatic nitrogens is 2. The minimum atomic E-state index is -0.153. The highest BCUT2D eigenvalue weighted by molar-refractivity contribution is 5.90. The van der Waals surface area contributed by atoms with Gasteiger partial charge in [0.05, 0.1) is 0 Å². The highest BCUT2D eigenvalue weighted by atomic mass is 16.5. The molecule has 2 heterocycles. The van der Waals surface area contributed by atoms with E-state index < -0.39 is 0 Å². The molecule has 1 saturated heterocycles. The van der Waals surface area contributed by atoms with E-state index in [0.717, 1.165) is 6.54 Å². The maximum atomic E-state index is 11.9. The molecular formula is C9H14N4O2. The average Bonchev–Trinajstić information content (AvgIpc) is 2.64. The van der Waals surface area contributed by atoms with Crippen LogP contribution in [-0.4, -0.2) is 46.6 Å². The van der Waals surface area contributed by atoms with Crippen LogP contribution in [0.5, 0.6) is 0 Å². The second-order valence-electron chi connectivity index (χ2n) is 3.74. The molecule has 2 rings (SSSR count). The molecule has 0 radical (unpaired) electrons.